The number of anilines is 1. The van der Waals surface area contributed by atoms with Crippen LogP contribution in [0.25, 0.3) is 11.2 Å². The molecule has 194 valence electrons. The third-order valence-corrected chi connectivity index (χ3v) is 8.34. The zero-order valence-electron chi connectivity index (χ0n) is 21.5. The van der Waals surface area contributed by atoms with E-state index in [9.17, 15) is 5.11 Å². The van der Waals surface area contributed by atoms with Gasteiger partial charge < -0.3 is 14.6 Å². The molecule has 0 bridgehead atoms. The summed E-state index contributed by atoms with van der Waals surface area (Å²) in [5, 5.41) is 11.9. The highest BCUT2D eigenvalue weighted by molar-refractivity contribution is 6.30. The molecule has 36 heavy (non-hydrogen) atoms. The van der Waals surface area contributed by atoms with Crippen LogP contribution in [0.1, 0.15) is 65.0 Å². The van der Waals surface area contributed by atoms with E-state index in [-0.39, 0.29) is 17.4 Å². The molecule has 0 radical (unpaired) electrons. The number of hydrogen-bond acceptors (Lipinski definition) is 6. The summed E-state index contributed by atoms with van der Waals surface area (Å²) in [5.74, 6) is 1.22. The Bertz CT molecular complexity index is 1210. The summed E-state index contributed by atoms with van der Waals surface area (Å²) < 4.78 is 1.94. The van der Waals surface area contributed by atoms with Crippen molar-refractivity contribution in [2.45, 2.75) is 83.6 Å². The Morgan fingerprint density at radius 3 is 2.39 bits per heavy atom. The van der Waals surface area contributed by atoms with E-state index in [4.69, 9.17) is 28.2 Å². The zero-order chi connectivity index (χ0) is 25.6. The van der Waals surface area contributed by atoms with Gasteiger partial charge in [-0.15, -0.1) is 0 Å². The molecule has 5 rings (SSSR count). The van der Waals surface area contributed by atoms with Gasteiger partial charge >= 0.3 is 0 Å². The number of aliphatic hydroxyl groups is 1. The quantitative estimate of drug-likeness (QED) is 0.410. The largest absolute Gasteiger partial charge is 0.388 e. The number of aromatic nitrogens is 4. The molecule has 1 aromatic carbocycles. The average molecular weight is 532 g/mol. The molecule has 1 N–H and O–H groups in total. The van der Waals surface area contributed by atoms with E-state index in [1.54, 1.807) is 6.33 Å². The van der Waals surface area contributed by atoms with E-state index in [1.807, 2.05) is 16.7 Å². The van der Waals surface area contributed by atoms with Crippen LogP contribution in [0.3, 0.4) is 0 Å². The molecule has 3 atom stereocenters. The molecule has 1 aliphatic heterocycles. The molecular formula is C27H36Cl2N6O. The summed E-state index contributed by atoms with van der Waals surface area (Å²) in [6.45, 7) is 11.2. The third kappa shape index (κ3) is 4.95. The maximum absolute atomic E-state index is 11.0. The van der Waals surface area contributed by atoms with Crippen LogP contribution >= 0.6 is 23.2 Å². The molecule has 7 nitrogen and oxygen atoms in total. The van der Waals surface area contributed by atoms with Crippen molar-refractivity contribution >= 4 is 40.2 Å². The fourth-order valence-electron chi connectivity index (χ4n) is 6.18. The fraction of sp³-hybridized carbons (Fsp3) is 0.593. The van der Waals surface area contributed by atoms with E-state index in [0.29, 0.717) is 24.2 Å². The molecule has 1 aliphatic carbocycles. The maximum Gasteiger partial charge on any atom is 0.226 e. The van der Waals surface area contributed by atoms with Crippen LogP contribution < -0.4 is 4.90 Å². The summed E-state index contributed by atoms with van der Waals surface area (Å²) in [5.41, 5.74) is 2.02. The summed E-state index contributed by atoms with van der Waals surface area (Å²) in [7, 11) is 0. The fourth-order valence-corrected chi connectivity index (χ4v) is 6.47. The van der Waals surface area contributed by atoms with E-state index in [1.165, 1.54) is 5.56 Å². The number of nitrogens with zero attached hydrogens (tertiary/aromatic N) is 6. The number of halogens is 2. The van der Waals surface area contributed by atoms with Gasteiger partial charge in [0.25, 0.3) is 0 Å². The van der Waals surface area contributed by atoms with Crippen LogP contribution in [0.15, 0.2) is 30.6 Å². The highest BCUT2D eigenvalue weighted by atomic mass is 35.5. The molecule has 1 saturated carbocycles. The first kappa shape index (κ1) is 25.7. The van der Waals surface area contributed by atoms with Gasteiger partial charge in [-0.1, -0.05) is 50.4 Å². The predicted octanol–water partition coefficient (Wildman–Crippen LogP) is 5.73. The van der Waals surface area contributed by atoms with Crippen molar-refractivity contribution in [3.05, 3.63) is 46.5 Å². The minimum atomic E-state index is -0.702. The van der Waals surface area contributed by atoms with Gasteiger partial charge in [0, 0.05) is 36.2 Å². The smallest absolute Gasteiger partial charge is 0.226 e. The van der Waals surface area contributed by atoms with Gasteiger partial charge in [0.05, 0.1) is 18.5 Å². The van der Waals surface area contributed by atoms with E-state index < -0.39 is 5.60 Å². The van der Waals surface area contributed by atoms with Gasteiger partial charge in [-0.2, -0.15) is 9.97 Å². The minimum Gasteiger partial charge on any atom is -0.388 e. The SMILES string of the molecule is CC(C)C(c1ccc(Cl)cc1)N1C[C@H](C)N(c2nc(Cl)nc3c2ncn3CC2(O)CCCC2)C[C@H]1C. The molecule has 9 heteroatoms. The van der Waals surface area contributed by atoms with Crippen molar-refractivity contribution in [1.29, 1.82) is 0 Å². The van der Waals surface area contributed by atoms with Crippen molar-refractivity contribution in [3.8, 4) is 0 Å². The minimum absolute atomic E-state index is 0.202. The van der Waals surface area contributed by atoms with Crippen molar-refractivity contribution in [2.75, 3.05) is 18.0 Å². The van der Waals surface area contributed by atoms with Crippen LogP contribution in [0.2, 0.25) is 10.3 Å². The van der Waals surface area contributed by atoms with Gasteiger partial charge in [-0.05, 0) is 61.9 Å². The van der Waals surface area contributed by atoms with E-state index in [2.05, 4.69) is 59.6 Å². The molecule has 2 aliphatic rings. The van der Waals surface area contributed by atoms with Gasteiger partial charge in [-0.3, -0.25) is 4.90 Å². The van der Waals surface area contributed by atoms with E-state index >= 15 is 0 Å². The van der Waals surface area contributed by atoms with Crippen LogP contribution in [0.5, 0.6) is 0 Å². The van der Waals surface area contributed by atoms with Crippen LogP contribution in [0, 0.1) is 5.92 Å². The van der Waals surface area contributed by atoms with Crippen molar-refractivity contribution in [3.63, 3.8) is 0 Å². The van der Waals surface area contributed by atoms with Crippen LogP contribution in [0.4, 0.5) is 5.82 Å². The molecule has 0 amide bonds. The number of hydrogen-bond donors (Lipinski definition) is 1. The lowest BCUT2D eigenvalue weighted by Gasteiger charge is -2.49. The molecule has 2 aromatic heterocycles. The summed E-state index contributed by atoms with van der Waals surface area (Å²) in [6, 6.07) is 9.04. The van der Waals surface area contributed by atoms with Crippen LogP contribution in [-0.4, -0.2) is 60.3 Å². The predicted molar refractivity (Wildman–Crippen MR) is 146 cm³/mol. The molecule has 2 fully saturated rings. The first-order chi connectivity index (χ1) is 17.1. The number of piperazine rings is 1. The molecular weight excluding hydrogens is 495 g/mol. The molecule has 3 aromatic rings. The Morgan fingerprint density at radius 2 is 1.72 bits per heavy atom. The lowest BCUT2D eigenvalue weighted by molar-refractivity contribution is 0.0308. The Labute approximate surface area is 223 Å². The number of rotatable bonds is 6. The number of imidazole rings is 1. The highest BCUT2D eigenvalue weighted by Crippen LogP contribution is 2.37. The second kappa shape index (κ2) is 10.1. The van der Waals surface area contributed by atoms with Gasteiger partial charge in [0.2, 0.25) is 5.28 Å². The molecule has 1 unspecified atom stereocenters. The first-order valence-electron chi connectivity index (χ1n) is 13.0. The molecule has 3 heterocycles. The van der Waals surface area contributed by atoms with Crippen molar-refractivity contribution < 1.29 is 5.11 Å². The maximum atomic E-state index is 11.0. The second-order valence-electron chi connectivity index (χ2n) is 11.1. The summed E-state index contributed by atoms with van der Waals surface area (Å²) in [4.78, 5) is 18.8. The topological polar surface area (TPSA) is 70.3 Å². The highest BCUT2D eigenvalue weighted by Gasteiger charge is 2.37. The lowest BCUT2D eigenvalue weighted by Crippen LogP contribution is -2.58. The monoisotopic (exact) mass is 530 g/mol. The molecule has 1 saturated heterocycles. The standard InChI is InChI=1S/C27H36Cl2N6O/c1-17(2)23(20-7-9-21(28)10-8-20)34-13-19(4)35(14-18(34)3)25-22-24(31-26(29)32-25)33(16-30-22)15-27(36)11-5-6-12-27/h7-10,16-19,23,36H,5-6,11-15H2,1-4H3/t18-,19+,23?/m1/s1. The van der Waals surface area contributed by atoms with Gasteiger partial charge in [-0.25, -0.2) is 4.98 Å². The summed E-state index contributed by atoms with van der Waals surface area (Å²) >= 11 is 12.6. The normalized spacial score (nSPS) is 23.6. The first-order valence-corrected chi connectivity index (χ1v) is 13.8. The lowest BCUT2D eigenvalue weighted by atomic mass is 9.91. The van der Waals surface area contributed by atoms with Gasteiger partial charge in [0.1, 0.15) is 0 Å². The Balaban J connectivity index is 1.43. The third-order valence-electron chi connectivity index (χ3n) is 7.92. The summed E-state index contributed by atoms with van der Waals surface area (Å²) in [6.07, 6.45) is 5.49. The number of benzene rings is 1. The number of fused-ring (bicyclic) bond motifs is 1. The average Bonchev–Trinajstić information content (AvgIpc) is 3.43. The van der Waals surface area contributed by atoms with Crippen LogP contribution in [-0.2, 0) is 6.54 Å². The second-order valence-corrected chi connectivity index (χ2v) is 11.9. The van der Waals surface area contributed by atoms with Crippen molar-refractivity contribution in [2.24, 2.45) is 5.92 Å². The Morgan fingerprint density at radius 1 is 1.03 bits per heavy atom. The zero-order valence-corrected chi connectivity index (χ0v) is 23.0. The molecule has 0 spiro atoms. The Hall–Kier alpha value is -1.93. The van der Waals surface area contributed by atoms with E-state index in [0.717, 1.165) is 55.1 Å². The van der Waals surface area contributed by atoms with Gasteiger partial charge in [0.15, 0.2) is 17.0 Å². The van der Waals surface area contributed by atoms with Crippen molar-refractivity contribution in [1.82, 2.24) is 24.4 Å². The Kier molecular flexibility index (Phi) is 7.20.